The molecule has 0 aliphatic heterocycles. The second kappa shape index (κ2) is 6.97. The lowest BCUT2D eigenvalue weighted by Crippen LogP contribution is -2.45. The number of hydrogen-bond donors (Lipinski definition) is 2. The minimum absolute atomic E-state index is 0.0720. The molecule has 1 aromatic carbocycles. The topological polar surface area (TPSA) is 37.0 Å². The maximum absolute atomic E-state index is 5.57. The van der Waals surface area contributed by atoms with Crippen molar-refractivity contribution < 1.29 is 0 Å². The zero-order valence-corrected chi connectivity index (χ0v) is 15.5. The molecule has 120 valence electrons. The van der Waals surface area contributed by atoms with Gasteiger partial charge in [-0.15, -0.1) is 0 Å². The first-order valence-corrected chi connectivity index (χ1v) is 9.05. The molecular weight excluding hydrogens is 370 g/mol. The molecule has 0 atom stereocenters. The second-order valence-electron chi connectivity index (χ2n) is 6.07. The van der Waals surface area contributed by atoms with E-state index in [1.54, 1.807) is 0 Å². The minimum Gasteiger partial charge on any atom is -0.353 e. The molecule has 1 fully saturated rings. The Hall–Kier alpha value is -1.46. The second-order valence-corrected chi connectivity index (χ2v) is 7.33. The predicted octanol–water partition coefficient (Wildman–Crippen LogP) is 4.91. The van der Waals surface area contributed by atoms with Crippen LogP contribution in [-0.2, 0) is 5.54 Å². The molecule has 0 unspecified atom stereocenters. The van der Waals surface area contributed by atoms with Crippen LogP contribution in [0.5, 0.6) is 0 Å². The van der Waals surface area contributed by atoms with Crippen LogP contribution in [-0.4, -0.2) is 10.1 Å². The number of hydrogen-bond acceptors (Lipinski definition) is 2. The number of pyridine rings is 1. The molecule has 0 saturated heterocycles. The number of rotatable bonds is 3. The first-order valence-electron chi connectivity index (χ1n) is 7.85. The number of nitrogens with zero attached hydrogens (tertiary/aromatic N) is 1. The van der Waals surface area contributed by atoms with E-state index in [1.807, 2.05) is 24.5 Å². The normalized spacial score (nSPS) is 16.1. The van der Waals surface area contributed by atoms with Crippen LogP contribution in [0.1, 0.15) is 36.8 Å². The highest BCUT2D eigenvalue weighted by Gasteiger charge is 2.36. The molecule has 3 rings (SSSR count). The van der Waals surface area contributed by atoms with Crippen molar-refractivity contribution in [3.8, 4) is 0 Å². The van der Waals surface area contributed by atoms with Gasteiger partial charge in [0.2, 0.25) is 0 Å². The highest BCUT2D eigenvalue weighted by molar-refractivity contribution is 9.10. The van der Waals surface area contributed by atoms with Gasteiger partial charge in [-0.3, -0.25) is 4.98 Å². The fourth-order valence-corrected chi connectivity index (χ4v) is 3.80. The van der Waals surface area contributed by atoms with E-state index in [1.165, 1.54) is 24.0 Å². The molecule has 1 aliphatic rings. The van der Waals surface area contributed by atoms with Crippen molar-refractivity contribution in [3.05, 3.63) is 58.3 Å². The molecule has 2 N–H and O–H groups in total. The van der Waals surface area contributed by atoms with E-state index >= 15 is 0 Å². The SMILES string of the molecule is Cc1cc(NC(=S)NC2(c3ccncc3)CCCC2)ccc1Br. The van der Waals surface area contributed by atoms with Gasteiger partial charge in [0, 0.05) is 22.6 Å². The van der Waals surface area contributed by atoms with Crippen molar-refractivity contribution in [2.75, 3.05) is 5.32 Å². The van der Waals surface area contributed by atoms with Gasteiger partial charge in [0.25, 0.3) is 0 Å². The van der Waals surface area contributed by atoms with E-state index in [0.717, 1.165) is 23.0 Å². The largest absolute Gasteiger partial charge is 0.353 e. The summed E-state index contributed by atoms with van der Waals surface area (Å²) < 4.78 is 1.10. The van der Waals surface area contributed by atoms with Crippen LogP contribution >= 0.6 is 28.1 Å². The van der Waals surface area contributed by atoms with Gasteiger partial charge in [-0.25, -0.2) is 0 Å². The third kappa shape index (κ3) is 3.72. The lowest BCUT2D eigenvalue weighted by Gasteiger charge is -2.32. The standard InChI is InChI=1S/C18H20BrN3S/c1-13-12-15(4-5-16(13)19)21-17(23)22-18(8-2-3-9-18)14-6-10-20-11-7-14/h4-7,10-12H,2-3,8-9H2,1H3,(H2,21,22,23). The summed E-state index contributed by atoms with van der Waals surface area (Å²) in [6.45, 7) is 2.07. The molecule has 5 heteroatoms. The van der Waals surface area contributed by atoms with E-state index in [4.69, 9.17) is 12.2 Å². The number of halogens is 1. The van der Waals surface area contributed by atoms with Crippen LogP contribution in [0, 0.1) is 6.92 Å². The maximum atomic E-state index is 5.57. The molecular formula is C18H20BrN3S. The van der Waals surface area contributed by atoms with E-state index in [9.17, 15) is 0 Å². The van der Waals surface area contributed by atoms with Gasteiger partial charge in [-0.2, -0.15) is 0 Å². The monoisotopic (exact) mass is 389 g/mol. The predicted molar refractivity (Wildman–Crippen MR) is 103 cm³/mol. The average molecular weight is 390 g/mol. The van der Waals surface area contributed by atoms with Gasteiger partial charge in [-0.1, -0.05) is 28.8 Å². The van der Waals surface area contributed by atoms with Gasteiger partial charge in [-0.05, 0) is 73.4 Å². The van der Waals surface area contributed by atoms with Gasteiger partial charge in [0.15, 0.2) is 5.11 Å². The Labute approximate surface area is 151 Å². The van der Waals surface area contributed by atoms with Crippen molar-refractivity contribution in [2.45, 2.75) is 38.1 Å². The van der Waals surface area contributed by atoms with Crippen LogP contribution < -0.4 is 10.6 Å². The molecule has 0 spiro atoms. The number of thiocarbonyl (C=S) groups is 1. The fourth-order valence-electron chi connectivity index (χ4n) is 3.24. The van der Waals surface area contributed by atoms with Crippen molar-refractivity contribution in [2.24, 2.45) is 0 Å². The van der Waals surface area contributed by atoms with Crippen molar-refractivity contribution in [3.63, 3.8) is 0 Å². The van der Waals surface area contributed by atoms with Crippen LogP contribution in [0.2, 0.25) is 0 Å². The summed E-state index contributed by atoms with van der Waals surface area (Å²) in [4.78, 5) is 4.13. The van der Waals surface area contributed by atoms with Crippen molar-refractivity contribution >= 4 is 38.9 Å². The molecule has 1 saturated carbocycles. The maximum Gasteiger partial charge on any atom is 0.171 e. The highest BCUT2D eigenvalue weighted by Crippen LogP contribution is 2.38. The third-order valence-electron chi connectivity index (χ3n) is 4.46. The fraction of sp³-hybridized carbons (Fsp3) is 0.333. The zero-order valence-electron chi connectivity index (χ0n) is 13.1. The molecule has 23 heavy (non-hydrogen) atoms. The first-order chi connectivity index (χ1) is 11.1. The van der Waals surface area contributed by atoms with Crippen LogP contribution in [0.25, 0.3) is 0 Å². The zero-order chi connectivity index (χ0) is 16.3. The van der Waals surface area contributed by atoms with Crippen LogP contribution in [0.3, 0.4) is 0 Å². The Morgan fingerprint density at radius 3 is 2.52 bits per heavy atom. The molecule has 1 aromatic heterocycles. The van der Waals surface area contributed by atoms with Crippen molar-refractivity contribution in [1.29, 1.82) is 0 Å². The Balaban J connectivity index is 1.75. The number of benzene rings is 1. The molecule has 0 amide bonds. The molecule has 0 radical (unpaired) electrons. The third-order valence-corrected chi connectivity index (χ3v) is 5.55. The van der Waals surface area contributed by atoms with Crippen molar-refractivity contribution in [1.82, 2.24) is 10.3 Å². The Kier molecular flexibility index (Phi) is 4.97. The number of anilines is 1. The van der Waals surface area contributed by atoms with E-state index in [-0.39, 0.29) is 5.54 Å². The molecule has 0 bridgehead atoms. The Bertz CT molecular complexity index is 697. The summed E-state index contributed by atoms with van der Waals surface area (Å²) in [5.41, 5.74) is 3.38. The van der Waals surface area contributed by atoms with E-state index < -0.39 is 0 Å². The Morgan fingerprint density at radius 1 is 1.17 bits per heavy atom. The molecule has 2 aromatic rings. The summed E-state index contributed by atoms with van der Waals surface area (Å²) >= 11 is 9.09. The smallest absolute Gasteiger partial charge is 0.171 e. The summed E-state index contributed by atoms with van der Waals surface area (Å²) in [6.07, 6.45) is 8.33. The lowest BCUT2D eigenvalue weighted by atomic mass is 9.89. The van der Waals surface area contributed by atoms with E-state index in [2.05, 4.69) is 56.7 Å². The number of aromatic nitrogens is 1. The summed E-state index contributed by atoms with van der Waals surface area (Å²) in [5.74, 6) is 0. The Morgan fingerprint density at radius 2 is 1.87 bits per heavy atom. The number of nitrogens with one attached hydrogen (secondary N) is 2. The van der Waals surface area contributed by atoms with Gasteiger partial charge in [0.05, 0.1) is 5.54 Å². The molecule has 3 nitrogen and oxygen atoms in total. The van der Waals surface area contributed by atoms with Gasteiger partial charge in [0.1, 0.15) is 0 Å². The molecule has 1 aliphatic carbocycles. The lowest BCUT2D eigenvalue weighted by molar-refractivity contribution is 0.408. The minimum atomic E-state index is -0.0720. The van der Waals surface area contributed by atoms with Gasteiger partial charge >= 0.3 is 0 Å². The number of aryl methyl sites for hydroxylation is 1. The summed E-state index contributed by atoms with van der Waals surface area (Å²) in [6, 6.07) is 10.3. The van der Waals surface area contributed by atoms with Crippen LogP contribution in [0.15, 0.2) is 47.2 Å². The average Bonchev–Trinajstić information content (AvgIpc) is 3.01. The first kappa shape index (κ1) is 16.4. The quantitative estimate of drug-likeness (QED) is 0.731. The van der Waals surface area contributed by atoms with Crippen LogP contribution in [0.4, 0.5) is 5.69 Å². The summed E-state index contributed by atoms with van der Waals surface area (Å²) in [5, 5.41) is 7.56. The van der Waals surface area contributed by atoms with E-state index in [0.29, 0.717) is 5.11 Å². The van der Waals surface area contributed by atoms with Gasteiger partial charge < -0.3 is 10.6 Å². The summed E-state index contributed by atoms with van der Waals surface area (Å²) in [7, 11) is 0. The highest BCUT2D eigenvalue weighted by atomic mass is 79.9. The molecule has 1 heterocycles.